The molecule has 3 rings (SSSR count). The Morgan fingerprint density at radius 2 is 2.00 bits per heavy atom. The van der Waals surface area contributed by atoms with Crippen LogP contribution in [0.1, 0.15) is 12.8 Å². The van der Waals surface area contributed by atoms with E-state index in [4.69, 9.17) is 28.3 Å². The van der Waals surface area contributed by atoms with Gasteiger partial charge in [-0.1, -0.05) is 41.4 Å². The number of anilines is 1. The number of hydrogen-bond donors (Lipinski definition) is 2. The zero-order valence-electron chi connectivity index (χ0n) is 13.9. The molecule has 138 valence electrons. The average molecular weight is 406 g/mol. The zero-order valence-corrected chi connectivity index (χ0v) is 15.4. The van der Waals surface area contributed by atoms with Crippen LogP contribution in [0.5, 0.6) is 0 Å². The monoisotopic (exact) mass is 405 g/mol. The largest absolute Gasteiger partial charge is 0.481 e. The molecule has 0 aliphatic heterocycles. The Labute approximate surface area is 164 Å². The molecule has 0 atom stereocenters. The van der Waals surface area contributed by atoms with E-state index in [1.54, 1.807) is 36.5 Å². The predicted octanol–water partition coefficient (Wildman–Crippen LogP) is 5.53. The molecule has 5 nitrogen and oxygen atoms in total. The lowest BCUT2D eigenvalue weighted by atomic mass is 10.0. The molecule has 0 amide bonds. The van der Waals surface area contributed by atoms with Crippen molar-refractivity contribution in [2.75, 3.05) is 5.32 Å². The van der Waals surface area contributed by atoms with Crippen LogP contribution in [0.2, 0.25) is 10.0 Å². The number of hydrogen-bond acceptors (Lipinski definition) is 4. The summed E-state index contributed by atoms with van der Waals surface area (Å²) in [7, 11) is 0. The SMILES string of the molecule is O=C(O)CC/C=C/Nc1ncnc2c(F)ccc(-c3ccc(Cl)c(Cl)c3)c12. The van der Waals surface area contributed by atoms with Gasteiger partial charge in [0.25, 0.3) is 0 Å². The molecule has 0 aliphatic rings. The Kier molecular flexibility index (Phi) is 5.88. The molecule has 0 radical (unpaired) electrons. The number of nitrogens with zero attached hydrogens (tertiary/aromatic N) is 2. The van der Waals surface area contributed by atoms with Crippen molar-refractivity contribution in [2.24, 2.45) is 0 Å². The number of carboxylic acid groups (broad SMARTS) is 1. The Hall–Kier alpha value is -2.70. The molecule has 0 aliphatic carbocycles. The van der Waals surface area contributed by atoms with Gasteiger partial charge in [-0.25, -0.2) is 14.4 Å². The van der Waals surface area contributed by atoms with E-state index in [9.17, 15) is 9.18 Å². The fraction of sp³-hybridized carbons (Fsp3) is 0.105. The van der Waals surface area contributed by atoms with Gasteiger partial charge in [-0.3, -0.25) is 4.79 Å². The summed E-state index contributed by atoms with van der Waals surface area (Å²) < 4.78 is 14.3. The minimum absolute atomic E-state index is 0.0197. The van der Waals surface area contributed by atoms with Crippen LogP contribution in [0.15, 0.2) is 48.9 Å². The van der Waals surface area contributed by atoms with Crippen LogP contribution in [0, 0.1) is 5.82 Å². The molecule has 0 saturated carbocycles. The van der Waals surface area contributed by atoms with E-state index in [2.05, 4.69) is 15.3 Å². The van der Waals surface area contributed by atoms with E-state index in [-0.39, 0.29) is 11.9 Å². The van der Waals surface area contributed by atoms with Gasteiger partial charge in [0, 0.05) is 6.42 Å². The highest BCUT2D eigenvalue weighted by atomic mass is 35.5. The molecule has 0 spiro atoms. The average Bonchev–Trinajstić information content (AvgIpc) is 2.64. The van der Waals surface area contributed by atoms with Gasteiger partial charge in [0.15, 0.2) is 0 Å². The summed E-state index contributed by atoms with van der Waals surface area (Å²) in [6.45, 7) is 0. The van der Waals surface area contributed by atoms with Crippen molar-refractivity contribution in [2.45, 2.75) is 12.8 Å². The van der Waals surface area contributed by atoms with Crippen LogP contribution in [0.25, 0.3) is 22.0 Å². The zero-order chi connectivity index (χ0) is 19.4. The van der Waals surface area contributed by atoms with Crippen LogP contribution >= 0.6 is 23.2 Å². The Balaban J connectivity index is 2.05. The second-order valence-corrected chi connectivity index (χ2v) is 6.46. The van der Waals surface area contributed by atoms with Crippen LogP contribution < -0.4 is 5.32 Å². The minimum atomic E-state index is -0.879. The molecule has 1 aromatic heterocycles. The summed E-state index contributed by atoms with van der Waals surface area (Å²) in [4.78, 5) is 18.8. The molecule has 2 aromatic carbocycles. The van der Waals surface area contributed by atoms with Crippen molar-refractivity contribution in [3.63, 3.8) is 0 Å². The molecule has 3 aromatic rings. The number of fused-ring (bicyclic) bond motifs is 1. The van der Waals surface area contributed by atoms with Gasteiger partial charge < -0.3 is 10.4 Å². The van der Waals surface area contributed by atoms with E-state index < -0.39 is 11.8 Å². The first-order valence-electron chi connectivity index (χ1n) is 7.99. The van der Waals surface area contributed by atoms with Crippen LogP contribution in [0.3, 0.4) is 0 Å². The maximum absolute atomic E-state index is 14.3. The molecule has 0 fully saturated rings. The molecular formula is C19H14Cl2FN3O2. The van der Waals surface area contributed by atoms with Gasteiger partial charge >= 0.3 is 5.97 Å². The third-order valence-corrected chi connectivity index (χ3v) is 4.57. The fourth-order valence-corrected chi connectivity index (χ4v) is 2.88. The van der Waals surface area contributed by atoms with Crippen molar-refractivity contribution in [1.29, 1.82) is 0 Å². The standard InChI is InChI=1S/C19H14Cl2FN3O2/c20-13-6-4-11(9-14(13)21)12-5-7-15(22)18-17(12)19(25-10-24-18)23-8-2-1-3-16(26)27/h2,4-10H,1,3H2,(H,26,27)(H,23,24,25)/b8-2+. The van der Waals surface area contributed by atoms with Gasteiger partial charge in [0.1, 0.15) is 23.5 Å². The number of benzene rings is 2. The highest BCUT2D eigenvalue weighted by molar-refractivity contribution is 6.42. The van der Waals surface area contributed by atoms with Gasteiger partial charge in [0.2, 0.25) is 0 Å². The first kappa shape index (κ1) is 19.1. The van der Waals surface area contributed by atoms with Gasteiger partial charge in [-0.2, -0.15) is 0 Å². The van der Waals surface area contributed by atoms with E-state index in [0.717, 1.165) is 5.56 Å². The molecule has 27 heavy (non-hydrogen) atoms. The third-order valence-electron chi connectivity index (χ3n) is 3.83. The summed E-state index contributed by atoms with van der Waals surface area (Å²) in [6, 6.07) is 8.09. The normalized spacial score (nSPS) is 11.2. The number of carbonyl (C=O) groups is 1. The van der Waals surface area contributed by atoms with E-state index in [1.165, 1.54) is 12.4 Å². The minimum Gasteiger partial charge on any atom is -0.481 e. The lowest BCUT2D eigenvalue weighted by Crippen LogP contribution is -1.98. The summed E-state index contributed by atoms with van der Waals surface area (Å²) in [6.07, 6.45) is 4.89. The van der Waals surface area contributed by atoms with Crippen molar-refractivity contribution in [1.82, 2.24) is 9.97 Å². The van der Waals surface area contributed by atoms with E-state index in [0.29, 0.717) is 33.2 Å². The summed E-state index contributed by atoms with van der Waals surface area (Å²) in [5.41, 5.74) is 1.59. The first-order valence-corrected chi connectivity index (χ1v) is 8.75. The van der Waals surface area contributed by atoms with E-state index in [1.807, 2.05) is 0 Å². The lowest BCUT2D eigenvalue weighted by molar-refractivity contribution is -0.136. The molecule has 2 N–H and O–H groups in total. The number of rotatable bonds is 6. The number of carboxylic acids is 1. The maximum atomic E-state index is 14.3. The summed E-state index contributed by atoms with van der Waals surface area (Å²) in [5.74, 6) is -0.961. The molecule has 0 saturated heterocycles. The molecule has 1 heterocycles. The van der Waals surface area contributed by atoms with Gasteiger partial charge in [-0.05, 0) is 41.9 Å². The highest BCUT2D eigenvalue weighted by Gasteiger charge is 2.14. The summed E-state index contributed by atoms with van der Waals surface area (Å²) in [5, 5.41) is 12.9. The molecule has 0 unspecified atom stereocenters. The number of aliphatic carboxylic acids is 1. The Bertz CT molecular complexity index is 1040. The summed E-state index contributed by atoms with van der Waals surface area (Å²) >= 11 is 12.1. The predicted molar refractivity (Wildman–Crippen MR) is 105 cm³/mol. The van der Waals surface area contributed by atoms with Crippen molar-refractivity contribution >= 4 is 45.9 Å². The van der Waals surface area contributed by atoms with Crippen molar-refractivity contribution < 1.29 is 14.3 Å². The highest BCUT2D eigenvalue weighted by Crippen LogP contribution is 2.35. The van der Waals surface area contributed by atoms with E-state index >= 15 is 0 Å². The second-order valence-electron chi connectivity index (χ2n) is 5.65. The molecule has 0 bridgehead atoms. The number of nitrogens with one attached hydrogen (secondary N) is 1. The number of aromatic nitrogens is 2. The fourth-order valence-electron chi connectivity index (χ4n) is 2.58. The maximum Gasteiger partial charge on any atom is 0.303 e. The second kappa shape index (κ2) is 8.33. The Morgan fingerprint density at radius 1 is 1.19 bits per heavy atom. The third kappa shape index (κ3) is 4.35. The molecule has 8 heteroatoms. The topological polar surface area (TPSA) is 75.1 Å². The van der Waals surface area contributed by atoms with Crippen LogP contribution in [-0.2, 0) is 4.79 Å². The quantitative estimate of drug-likeness (QED) is 0.563. The number of halogens is 3. The lowest BCUT2D eigenvalue weighted by Gasteiger charge is -2.11. The van der Waals surface area contributed by atoms with Gasteiger partial charge in [-0.15, -0.1) is 0 Å². The Morgan fingerprint density at radius 3 is 2.74 bits per heavy atom. The van der Waals surface area contributed by atoms with Crippen LogP contribution in [0.4, 0.5) is 10.2 Å². The van der Waals surface area contributed by atoms with Crippen molar-refractivity contribution in [3.05, 3.63) is 64.8 Å². The van der Waals surface area contributed by atoms with Crippen LogP contribution in [-0.4, -0.2) is 21.0 Å². The van der Waals surface area contributed by atoms with Gasteiger partial charge in [0.05, 0.1) is 15.4 Å². The van der Waals surface area contributed by atoms with Crippen molar-refractivity contribution in [3.8, 4) is 11.1 Å². The number of allylic oxidation sites excluding steroid dienone is 1. The first-order chi connectivity index (χ1) is 13.0. The smallest absolute Gasteiger partial charge is 0.303 e. The molecular weight excluding hydrogens is 392 g/mol.